The predicted octanol–water partition coefficient (Wildman–Crippen LogP) is 0.477. The molecule has 0 aromatic carbocycles. The van der Waals surface area contributed by atoms with Gasteiger partial charge in [0.25, 0.3) is 0 Å². The van der Waals surface area contributed by atoms with Crippen molar-refractivity contribution in [3.05, 3.63) is 0 Å². The van der Waals surface area contributed by atoms with Crippen molar-refractivity contribution in [2.75, 3.05) is 12.3 Å². The van der Waals surface area contributed by atoms with E-state index < -0.39 is 27.1 Å². The highest BCUT2D eigenvalue weighted by Crippen LogP contribution is 2.19. The fourth-order valence-corrected chi connectivity index (χ4v) is 4.03. The highest BCUT2D eigenvalue weighted by molar-refractivity contribution is 7.92. The van der Waals surface area contributed by atoms with Gasteiger partial charge in [-0.15, -0.1) is 0 Å². The number of rotatable bonds is 5. The number of hydrogen-bond acceptors (Lipinski definition) is 4. The molecular formula is C12H23NO4S. The molecule has 1 amide bonds. The van der Waals surface area contributed by atoms with Gasteiger partial charge >= 0.3 is 0 Å². The number of aliphatic hydroxyl groups excluding tert-OH is 1. The Morgan fingerprint density at radius 1 is 1.39 bits per heavy atom. The third-order valence-corrected chi connectivity index (χ3v) is 5.30. The van der Waals surface area contributed by atoms with E-state index in [0.717, 1.165) is 6.42 Å². The predicted molar refractivity (Wildman–Crippen MR) is 69.9 cm³/mol. The maximum Gasteiger partial charge on any atom is 0.238 e. The molecule has 1 aliphatic rings. The minimum absolute atomic E-state index is 0.0969. The van der Waals surface area contributed by atoms with Crippen molar-refractivity contribution in [1.29, 1.82) is 0 Å². The molecule has 18 heavy (non-hydrogen) atoms. The summed E-state index contributed by atoms with van der Waals surface area (Å²) in [5, 5.41) is 11.3. The van der Waals surface area contributed by atoms with Crippen LogP contribution >= 0.6 is 0 Å². The highest BCUT2D eigenvalue weighted by Gasteiger charge is 2.34. The lowest BCUT2D eigenvalue weighted by Crippen LogP contribution is -2.45. The summed E-state index contributed by atoms with van der Waals surface area (Å²) in [6, 6.07) is 0. The molecule has 1 heterocycles. The lowest BCUT2D eigenvalue weighted by molar-refractivity contribution is -0.121. The van der Waals surface area contributed by atoms with Crippen molar-refractivity contribution in [2.45, 2.75) is 50.9 Å². The summed E-state index contributed by atoms with van der Waals surface area (Å²) in [5.41, 5.74) is 0. The molecule has 0 bridgehead atoms. The Morgan fingerprint density at radius 3 is 2.61 bits per heavy atom. The van der Waals surface area contributed by atoms with Gasteiger partial charge in [-0.1, -0.05) is 20.3 Å². The summed E-state index contributed by atoms with van der Waals surface area (Å²) < 4.78 is 23.4. The van der Waals surface area contributed by atoms with E-state index in [2.05, 4.69) is 5.32 Å². The van der Waals surface area contributed by atoms with Crippen LogP contribution in [0.4, 0.5) is 0 Å². The SMILES string of the molecule is CC(C)CC(O)CNC(=O)C1CCCCS1(=O)=O. The molecule has 0 aromatic heterocycles. The zero-order valence-electron chi connectivity index (χ0n) is 11.1. The molecule has 0 spiro atoms. The molecule has 1 rings (SSSR count). The minimum atomic E-state index is -3.29. The van der Waals surface area contributed by atoms with Gasteiger partial charge in [-0.25, -0.2) is 8.42 Å². The Morgan fingerprint density at radius 2 is 2.06 bits per heavy atom. The average molecular weight is 277 g/mol. The molecule has 5 nitrogen and oxygen atoms in total. The standard InChI is InChI=1S/C12H23NO4S/c1-9(2)7-10(14)8-13-12(15)11-5-3-4-6-18(11,16)17/h9-11,14H,3-8H2,1-2H3,(H,13,15). The lowest BCUT2D eigenvalue weighted by Gasteiger charge is -2.22. The van der Waals surface area contributed by atoms with E-state index in [1.54, 1.807) is 0 Å². The van der Waals surface area contributed by atoms with Gasteiger partial charge in [0.05, 0.1) is 11.9 Å². The van der Waals surface area contributed by atoms with Crippen molar-refractivity contribution in [1.82, 2.24) is 5.32 Å². The molecule has 0 radical (unpaired) electrons. The van der Waals surface area contributed by atoms with Gasteiger partial charge in [-0.2, -0.15) is 0 Å². The van der Waals surface area contributed by atoms with Gasteiger partial charge in [0, 0.05) is 6.54 Å². The molecule has 6 heteroatoms. The van der Waals surface area contributed by atoms with Crippen LogP contribution in [0.2, 0.25) is 0 Å². The Bertz CT molecular complexity index is 378. The van der Waals surface area contributed by atoms with Gasteiger partial charge in [-0.3, -0.25) is 4.79 Å². The van der Waals surface area contributed by atoms with E-state index in [4.69, 9.17) is 0 Å². The third kappa shape index (κ3) is 4.57. The number of carbonyl (C=O) groups is 1. The maximum atomic E-state index is 11.8. The summed E-state index contributed by atoms with van der Waals surface area (Å²) in [7, 11) is -3.29. The van der Waals surface area contributed by atoms with Gasteiger partial charge in [0.1, 0.15) is 5.25 Å². The molecule has 0 aromatic rings. The normalized spacial score (nSPS) is 24.8. The van der Waals surface area contributed by atoms with Crippen molar-refractivity contribution in [2.24, 2.45) is 5.92 Å². The van der Waals surface area contributed by atoms with E-state index in [0.29, 0.717) is 25.2 Å². The number of carbonyl (C=O) groups excluding carboxylic acids is 1. The van der Waals surface area contributed by atoms with Gasteiger partial charge in [0.15, 0.2) is 9.84 Å². The first kappa shape index (κ1) is 15.4. The second-order valence-electron chi connectivity index (χ2n) is 5.38. The summed E-state index contributed by atoms with van der Waals surface area (Å²) in [6.45, 7) is 4.09. The number of amides is 1. The Kier molecular flexibility index (Phi) is 5.59. The van der Waals surface area contributed by atoms with Crippen LogP contribution in [0.15, 0.2) is 0 Å². The molecule has 0 saturated carbocycles. The zero-order chi connectivity index (χ0) is 13.8. The van der Waals surface area contributed by atoms with Crippen LogP contribution in [0.5, 0.6) is 0 Å². The van der Waals surface area contributed by atoms with Crippen molar-refractivity contribution in [3.8, 4) is 0 Å². The van der Waals surface area contributed by atoms with Crippen LogP contribution in [0.3, 0.4) is 0 Å². The van der Waals surface area contributed by atoms with Crippen LogP contribution in [-0.2, 0) is 14.6 Å². The average Bonchev–Trinajstić information content (AvgIpc) is 2.24. The first-order chi connectivity index (χ1) is 8.33. The third-order valence-electron chi connectivity index (χ3n) is 3.13. The zero-order valence-corrected chi connectivity index (χ0v) is 11.9. The highest BCUT2D eigenvalue weighted by atomic mass is 32.2. The van der Waals surface area contributed by atoms with Crippen LogP contribution in [0, 0.1) is 5.92 Å². The first-order valence-corrected chi connectivity index (χ1v) is 8.22. The Balaban J connectivity index is 2.45. The fraction of sp³-hybridized carbons (Fsp3) is 0.917. The van der Waals surface area contributed by atoms with E-state index >= 15 is 0 Å². The number of aliphatic hydroxyl groups is 1. The van der Waals surface area contributed by atoms with E-state index in [9.17, 15) is 18.3 Å². The summed E-state index contributed by atoms with van der Waals surface area (Å²) in [5.74, 6) is -0.0209. The molecule has 1 fully saturated rings. The second-order valence-corrected chi connectivity index (χ2v) is 7.68. The number of nitrogens with one attached hydrogen (secondary N) is 1. The Hall–Kier alpha value is -0.620. The van der Waals surface area contributed by atoms with Crippen LogP contribution < -0.4 is 5.32 Å². The fourth-order valence-electron chi connectivity index (χ4n) is 2.21. The summed E-state index contributed by atoms with van der Waals surface area (Å²) in [6.07, 6.45) is 1.79. The quantitative estimate of drug-likeness (QED) is 0.765. The minimum Gasteiger partial charge on any atom is -0.391 e. The molecule has 2 atom stereocenters. The van der Waals surface area contributed by atoms with Gasteiger partial charge < -0.3 is 10.4 Å². The monoisotopic (exact) mass is 277 g/mol. The summed E-state index contributed by atoms with van der Waals surface area (Å²) in [4.78, 5) is 11.8. The van der Waals surface area contributed by atoms with Crippen LogP contribution in [0.25, 0.3) is 0 Å². The smallest absolute Gasteiger partial charge is 0.238 e. The molecule has 0 aliphatic carbocycles. The lowest BCUT2D eigenvalue weighted by atomic mass is 10.1. The molecular weight excluding hydrogens is 254 g/mol. The van der Waals surface area contributed by atoms with Gasteiger partial charge in [0.2, 0.25) is 5.91 Å². The molecule has 1 saturated heterocycles. The van der Waals surface area contributed by atoms with E-state index in [-0.39, 0.29) is 12.3 Å². The second kappa shape index (κ2) is 6.52. The van der Waals surface area contributed by atoms with Crippen LogP contribution in [-0.4, -0.2) is 43.1 Å². The summed E-state index contributed by atoms with van der Waals surface area (Å²) >= 11 is 0. The maximum absolute atomic E-state index is 11.8. The molecule has 2 unspecified atom stereocenters. The van der Waals surface area contributed by atoms with Crippen molar-refractivity contribution < 1.29 is 18.3 Å². The molecule has 1 aliphatic heterocycles. The van der Waals surface area contributed by atoms with Crippen molar-refractivity contribution >= 4 is 15.7 Å². The topological polar surface area (TPSA) is 83.5 Å². The largest absolute Gasteiger partial charge is 0.391 e. The number of hydrogen-bond donors (Lipinski definition) is 2. The van der Waals surface area contributed by atoms with E-state index in [1.807, 2.05) is 13.8 Å². The van der Waals surface area contributed by atoms with Crippen LogP contribution in [0.1, 0.15) is 39.5 Å². The van der Waals surface area contributed by atoms with Crippen molar-refractivity contribution in [3.63, 3.8) is 0 Å². The first-order valence-electron chi connectivity index (χ1n) is 6.50. The molecule has 2 N–H and O–H groups in total. The van der Waals surface area contributed by atoms with Gasteiger partial charge in [-0.05, 0) is 25.2 Å². The van der Waals surface area contributed by atoms with E-state index in [1.165, 1.54) is 0 Å². The molecule has 106 valence electrons. The number of sulfone groups is 1. The Labute approximate surface area is 109 Å².